The third kappa shape index (κ3) is 3.38. The smallest absolute Gasteiger partial charge is 0.323 e. The number of aromatic nitrogens is 2. The molecule has 29 heavy (non-hydrogen) atoms. The van der Waals surface area contributed by atoms with Crippen LogP contribution in [-0.2, 0) is 4.79 Å². The highest BCUT2D eigenvalue weighted by Crippen LogP contribution is 2.32. The van der Waals surface area contributed by atoms with E-state index in [-0.39, 0.29) is 23.4 Å². The number of hydrogen-bond acceptors (Lipinski definition) is 3. The van der Waals surface area contributed by atoms with Crippen molar-refractivity contribution in [3.8, 4) is 0 Å². The first-order chi connectivity index (χ1) is 14.1. The predicted molar refractivity (Wildman–Crippen MR) is 112 cm³/mol. The van der Waals surface area contributed by atoms with Crippen molar-refractivity contribution in [3.05, 3.63) is 70.6 Å². The molecule has 2 amide bonds. The maximum Gasteiger partial charge on any atom is 0.323 e. The first kappa shape index (κ1) is 17.2. The van der Waals surface area contributed by atoms with E-state index < -0.39 is 0 Å². The summed E-state index contributed by atoms with van der Waals surface area (Å²) in [7, 11) is 0. The summed E-state index contributed by atoms with van der Waals surface area (Å²) in [5.41, 5.74) is 2.40. The molecule has 1 fully saturated rings. The van der Waals surface area contributed by atoms with Crippen LogP contribution in [0.15, 0.2) is 59.4 Å². The molecule has 1 aliphatic rings. The van der Waals surface area contributed by atoms with Gasteiger partial charge in [0.1, 0.15) is 0 Å². The Morgan fingerprint density at radius 3 is 2.34 bits per heavy atom. The van der Waals surface area contributed by atoms with Crippen LogP contribution in [-0.4, -0.2) is 21.8 Å². The van der Waals surface area contributed by atoms with Gasteiger partial charge in [-0.25, -0.2) is 4.79 Å². The summed E-state index contributed by atoms with van der Waals surface area (Å²) >= 11 is 0. The summed E-state index contributed by atoms with van der Waals surface area (Å²) in [5.74, 6) is -0.357. The normalized spacial score (nSPS) is 13.5. The Labute approximate surface area is 165 Å². The van der Waals surface area contributed by atoms with Gasteiger partial charge in [-0.15, -0.1) is 0 Å². The highest BCUT2D eigenvalue weighted by molar-refractivity contribution is 6.13. The number of aromatic amines is 2. The summed E-state index contributed by atoms with van der Waals surface area (Å²) in [6.45, 7) is 0. The minimum Gasteiger partial charge on any atom is -0.325 e. The average molecular weight is 386 g/mol. The fourth-order valence-corrected chi connectivity index (χ4v) is 3.42. The zero-order valence-electron chi connectivity index (χ0n) is 15.4. The van der Waals surface area contributed by atoms with Gasteiger partial charge in [-0.1, -0.05) is 24.3 Å². The molecule has 0 saturated heterocycles. The molecule has 7 heteroatoms. The van der Waals surface area contributed by atoms with Crippen LogP contribution in [0.3, 0.4) is 0 Å². The number of imidazole rings is 1. The van der Waals surface area contributed by atoms with Crippen molar-refractivity contribution in [1.29, 1.82) is 0 Å². The van der Waals surface area contributed by atoms with Gasteiger partial charge in [0.25, 0.3) is 5.91 Å². The highest BCUT2D eigenvalue weighted by atomic mass is 16.2. The van der Waals surface area contributed by atoms with Gasteiger partial charge in [-0.05, 0) is 53.9 Å². The maximum atomic E-state index is 13.0. The zero-order chi connectivity index (χ0) is 20.0. The molecule has 144 valence electrons. The van der Waals surface area contributed by atoms with Crippen LogP contribution in [0.4, 0.5) is 11.4 Å². The van der Waals surface area contributed by atoms with Crippen molar-refractivity contribution < 1.29 is 9.59 Å². The van der Waals surface area contributed by atoms with Crippen molar-refractivity contribution in [3.63, 3.8) is 0 Å². The van der Waals surface area contributed by atoms with Crippen LogP contribution in [0.5, 0.6) is 0 Å². The summed E-state index contributed by atoms with van der Waals surface area (Å²) in [5, 5.41) is 7.62. The molecule has 0 spiro atoms. The van der Waals surface area contributed by atoms with E-state index in [1.54, 1.807) is 24.3 Å². The zero-order valence-corrected chi connectivity index (χ0v) is 15.4. The minimum atomic E-state index is -0.334. The van der Waals surface area contributed by atoms with E-state index >= 15 is 0 Å². The quantitative estimate of drug-likeness (QED) is 0.430. The van der Waals surface area contributed by atoms with Crippen molar-refractivity contribution in [2.45, 2.75) is 12.8 Å². The number of amides is 2. The minimum absolute atomic E-state index is 0.0326. The number of rotatable bonds is 4. The van der Waals surface area contributed by atoms with E-state index in [1.165, 1.54) is 0 Å². The molecule has 0 bridgehead atoms. The molecule has 4 N–H and O–H groups in total. The van der Waals surface area contributed by atoms with E-state index in [9.17, 15) is 14.4 Å². The Hall–Kier alpha value is -3.87. The van der Waals surface area contributed by atoms with E-state index in [0.29, 0.717) is 28.0 Å². The SMILES string of the molecule is O=C(Nc1ccc2[nH]c(=O)[nH]c2c1)c1cc2ccccc2cc1NC(=O)C1CC1. The molecular formula is C22H18N4O3. The summed E-state index contributed by atoms with van der Waals surface area (Å²) < 4.78 is 0. The fraction of sp³-hybridized carbons (Fsp3) is 0.136. The van der Waals surface area contributed by atoms with E-state index in [2.05, 4.69) is 20.6 Å². The van der Waals surface area contributed by atoms with Gasteiger partial charge in [0.2, 0.25) is 5.91 Å². The molecule has 3 aromatic carbocycles. The Kier molecular flexibility index (Phi) is 3.94. The molecule has 0 unspecified atom stereocenters. The van der Waals surface area contributed by atoms with E-state index in [1.807, 2.05) is 30.3 Å². The van der Waals surface area contributed by atoms with Gasteiger partial charge in [0.15, 0.2) is 0 Å². The second-order valence-corrected chi connectivity index (χ2v) is 7.30. The van der Waals surface area contributed by atoms with Gasteiger partial charge in [-0.3, -0.25) is 9.59 Å². The molecule has 0 atom stereocenters. The second kappa shape index (κ2) is 6.63. The Bertz CT molecular complexity index is 1330. The second-order valence-electron chi connectivity index (χ2n) is 7.30. The lowest BCUT2D eigenvalue weighted by Gasteiger charge is -2.13. The van der Waals surface area contributed by atoms with Crippen molar-refractivity contribution >= 4 is 45.0 Å². The molecule has 0 radical (unpaired) electrons. The van der Waals surface area contributed by atoms with Crippen LogP contribution >= 0.6 is 0 Å². The third-order valence-corrected chi connectivity index (χ3v) is 5.11. The predicted octanol–water partition coefficient (Wildman–Crippen LogP) is 3.61. The summed E-state index contributed by atoms with van der Waals surface area (Å²) in [6.07, 6.45) is 1.77. The highest BCUT2D eigenvalue weighted by Gasteiger charge is 2.30. The van der Waals surface area contributed by atoms with Crippen molar-refractivity contribution in [2.75, 3.05) is 10.6 Å². The van der Waals surface area contributed by atoms with E-state index in [4.69, 9.17) is 0 Å². The number of hydrogen-bond donors (Lipinski definition) is 4. The number of fused-ring (bicyclic) bond motifs is 2. The van der Waals surface area contributed by atoms with Gasteiger partial charge >= 0.3 is 5.69 Å². The van der Waals surface area contributed by atoms with Crippen molar-refractivity contribution in [1.82, 2.24) is 9.97 Å². The molecule has 1 aromatic heterocycles. The molecule has 1 heterocycles. The summed E-state index contributed by atoms with van der Waals surface area (Å²) in [4.78, 5) is 42.1. The lowest BCUT2D eigenvalue weighted by Crippen LogP contribution is -2.19. The number of carbonyl (C=O) groups excluding carboxylic acids is 2. The van der Waals surface area contributed by atoms with Crippen LogP contribution < -0.4 is 16.3 Å². The van der Waals surface area contributed by atoms with E-state index in [0.717, 1.165) is 23.6 Å². The number of nitrogens with one attached hydrogen (secondary N) is 4. The molecule has 7 nitrogen and oxygen atoms in total. The topological polar surface area (TPSA) is 107 Å². The first-order valence-electron chi connectivity index (χ1n) is 9.44. The van der Waals surface area contributed by atoms with Crippen LogP contribution in [0.2, 0.25) is 0 Å². The molecule has 4 aromatic rings. The molecule has 1 aliphatic carbocycles. The number of anilines is 2. The first-order valence-corrected chi connectivity index (χ1v) is 9.44. The van der Waals surface area contributed by atoms with Crippen LogP contribution in [0, 0.1) is 5.92 Å². The third-order valence-electron chi connectivity index (χ3n) is 5.11. The molecular weight excluding hydrogens is 368 g/mol. The van der Waals surface area contributed by atoms with Gasteiger partial charge in [0, 0.05) is 11.6 Å². The van der Waals surface area contributed by atoms with Crippen molar-refractivity contribution in [2.24, 2.45) is 5.92 Å². The Morgan fingerprint density at radius 1 is 0.862 bits per heavy atom. The lowest BCUT2D eigenvalue weighted by molar-refractivity contribution is -0.117. The lowest BCUT2D eigenvalue weighted by atomic mass is 10.0. The fourth-order valence-electron chi connectivity index (χ4n) is 3.42. The number of benzene rings is 3. The molecule has 5 rings (SSSR count). The number of H-pyrrole nitrogens is 2. The Morgan fingerprint density at radius 2 is 1.59 bits per heavy atom. The monoisotopic (exact) mass is 386 g/mol. The Balaban J connectivity index is 1.51. The van der Waals surface area contributed by atoms with Gasteiger partial charge in [-0.2, -0.15) is 0 Å². The maximum absolute atomic E-state index is 13.0. The van der Waals surface area contributed by atoms with Crippen LogP contribution in [0.1, 0.15) is 23.2 Å². The molecule has 1 saturated carbocycles. The number of carbonyl (C=O) groups is 2. The summed E-state index contributed by atoms with van der Waals surface area (Å²) in [6, 6.07) is 16.4. The van der Waals surface area contributed by atoms with Crippen LogP contribution in [0.25, 0.3) is 21.8 Å². The average Bonchev–Trinajstić information content (AvgIpc) is 3.49. The molecule has 0 aliphatic heterocycles. The standard InChI is InChI=1S/C22H18N4O3/c27-20(12-5-6-12)24-18-10-14-4-2-1-3-13(14)9-16(18)21(28)23-15-7-8-17-19(11-15)26-22(29)25-17/h1-4,7-12H,5-6H2,(H,23,28)(H,24,27)(H2,25,26,29). The van der Waals surface area contributed by atoms with Gasteiger partial charge in [0.05, 0.1) is 22.3 Å². The largest absolute Gasteiger partial charge is 0.325 e. The van der Waals surface area contributed by atoms with Gasteiger partial charge < -0.3 is 20.6 Å².